The second-order valence-corrected chi connectivity index (χ2v) is 3.47. The molecular formula is C8H6IN3O. The van der Waals surface area contributed by atoms with Crippen molar-refractivity contribution in [2.45, 2.75) is 6.92 Å². The molecule has 5 heteroatoms. The highest BCUT2D eigenvalue weighted by Gasteiger charge is 2.05. The van der Waals surface area contributed by atoms with Crippen LogP contribution in [0.15, 0.2) is 22.7 Å². The van der Waals surface area contributed by atoms with E-state index in [0.29, 0.717) is 9.79 Å². The molecule has 0 fully saturated rings. The third-order valence-corrected chi connectivity index (χ3v) is 1.98. The summed E-state index contributed by atoms with van der Waals surface area (Å²) in [5, 5.41) is 7.65. The van der Waals surface area contributed by atoms with Gasteiger partial charge in [-0.1, -0.05) is 0 Å². The third kappa shape index (κ3) is 1.85. The number of rotatable bonds is 1. The molecule has 0 saturated heterocycles. The minimum atomic E-state index is 0.537. The largest absolute Gasteiger partial charge is 0.412 e. The van der Waals surface area contributed by atoms with Gasteiger partial charge >= 0.3 is 0 Å². The molecule has 2 aromatic rings. The molecule has 0 unspecified atom stereocenters. The van der Waals surface area contributed by atoms with Gasteiger partial charge in [-0.2, -0.15) is 0 Å². The van der Waals surface area contributed by atoms with Crippen molar-refractivity contribution < 1.29 is 4.42 Å². The van der Waals surface area contributed by atoms with Crippen LogP contribution in [0.4, 0.5) is 0 Å². The molecule has 0 aliphatic carbocycles. The van der Waals surface area contributed by atoms with Gasteiger partial charge in [0.1, 0.15) is 0 Å². The summed E-state index contributed by atoms with van der Waals surface area (Å²) in [4.78, 5) is 4.08. The molecule has 2 heterocycles. The number of nitrogens with zero attached hydrogens (tertiary/aromatic N) is 3. The molecular weight excluding hydrogens is 281 g/mol. The lowest BCUT2D eigenvalue weighted by Gasteiger charge is -1.94. The number of aromatic nitrogens is 3. The summed E-state index contributed by atoms with van der Waals surface area (Å²) in [7, 11) is 0. The van der Waals surface area contributed by atoms with Crippen LogP contribution in [0.3, 0.4) is 0 Å². The Hall–Kier alpha value is -0.980. The molecule has 2 rings (SSSR count). The van der Waals surface area contributed by atoms with Gasteiger partial charge in [-0.3, -0.25) is 4.98 Å². The Morgan fingerprint density at radius 1 is 1.38 bits per heavy atom. The minimum absolute atomic E-state index is 0.537. The maximum Gasteiger partial charge on any atom is 0.278 e. The fraction of sp³-hybridized carbons (Fsp3) is 0.125. The number of hydrogen-bond acceptors (Lipinski definition) is 4. The first-order valence-corrected chi connectivity index (χ1v) is 4.75. The molecule has 0 radical (unpaired) electrons. The lowest BCUT2D eigenvalue weighted by molar-refractivity contribution is 0.537. The number of hydrogen-bond donors (Lipinski definition) is 0. The predicted molar refractivity (Wildman–Crippen MR) is 55.0 cm³/mol. The summed E-state index contributed by atoms with van der Waals surface area (Å²) < 4.78 is 5.80. The summed E-state index contributed by atoms with van der Waals surface area (Å²) in [6.07, 6.45) is 1.72. The maximum atomic E-state index is 5.26. The fourth-order valence-electron chi connectivity index (χ4n) is 1.00. The smallest absolute Gasteiger partial charge is 0.278 e. The molecule has 0 amide bonds. The summed E-state index contributed by atoms with van der Waals surface area (Å²) in [5.41, 5.74) is 1.84. The van der Waals surface area contributed by atoms with Crippen molar-refractivity contribution in [3.63, 3.8) is 0 Å². The van der Waals surface area contributed by atoms with Crippen molar-refractivity contribution in [3.05, 3.63) is 27.9 Å². The lowest BCUT2D eigenvalue weighted by atomic mass is 10.2. The van der Waals surface area contributed by atoms with Gasteiger partial charge in [-0.15, -0.1) is 10.2 Å². The van der Waals surface area contributed by atoms with Gasteiger partial charge < -0.3 is 4.42 Å². The lowest BCUT2D eigenvalue weighted by Crippen LogP contribution is -1.82. The van der Waals surface area contributed by atoms with Crippen molar-refractivity contribution in [2.24, 2.45) is 0 Å². The third-order valence-electron chi connectivity index (χ3n) is 1.54. The number of halogens is 1. The molecule has 2 aromatic heterocycles. The molecule has 0 aliphatic heterocycles. The molecule has 0 spiro atoms. The zero-order chi connectivity index (χ0) is 9.26. The van der Waals surface area contributed by atoms with Gasteiger partial charge in [-0.25, -0.2) is 0 Å². The molecule has 0 saturated carbocycles. The van der Waals surface area contributed by atoms with Crippen LogP contribution in [-0.4, -0.2) is 15.2 Å². The fourth-order valence-corrected chi connectivity index (χ4v) is 1.32. The molecule has 0 N–H and O–H groups in total. The van der Waals surface area contributed by atoms with E-state index in [4.69, 9.17) is 4.42 Å². The van der Waals surface area contributed by atoms with Crippen LogP contribution < -0.4 is 0 Å². The van der Waals surface area contributed by atoms with Crippen molar-refractivity contribution in [3.8, 4) is 11.5 Å². The highest BCUT2D eigenvalue weighted by Crippen LogP contribution is 2.17. The average Bonchev–Trinajstić information content (AvgIpc) is 2.52. The van der Waals surface area contributed by atoms with Gasteiger partial charge in [0.25, 0.3) is 3.90 Å². The zero-order valence-corrected chi connectivity index (χ0v) is 9.02. The normalized spacial score (nSPS) is 10.3. The van der Waals surface area contributed by atoms with Gasteiger partial charge in [0.05, 0.1) is 0 Å². The molecule has 4 nitrogen and oxygen atoms in total. The zero-order valence-electron chi connectivity index (χ0n) is 6.86. The van der Waals surface area contributed by atoms with Crippen molar-refractivity contribution >= 4 is 22.6 Å². The summed E-state index contributed by atoms with van der Waals surface area (Å²) in [5.74, 6) is 0.537. The van der Waals surface area contributed by atoms with Crippen LogP contribution in [0, 0.1) is 10.8 Å². The van der Waals surface area contributed by atoms with Gasteiger partial charge in [0.15, 0.2) is 0 Å². The number of aryl methyl sites for hydroxylation is 1. The number of pyridine rings is 1. The second kappa shape index (κ2) is 3.41. The van der Waals surface area contributed by atoms with Gasteiger partial charge in [-0.05, 0) is 19.1 Å². The Morgan fingerprint density at radius 3 is 2.85 bits per heavy atom. The summed E-state index contributed by atoms with van der Waals surface area (Å²) in [6, 6.07) is 3.75. The van der Waals surface area contributed by atoms with E-state index in [-0.39, 0.29) is 0 Å². The molecule has 0 aliphatic rings. The van der Waals surface area contributed by atoms with Crippen molar-refractivity contribution in [1.82, 2.24) is 15.2 Å². The van der Waals surface area contributed by atoms with Gasteiger partial charge in [0, 0.05) is 40.0 Å². The van der Waals surface area contributed by atoms with Crippen LogP contribution in [0.1, 0.15) is 5.69 Å². The first kappa shape index (κ1) is 8.61. The standard InChI is InChI=1S/C8H6IN3O/c1-5-4-6(2-3-10-5)7-11-12-8(9)13-7/h2-4H,1H3. The molecule has 13 heavy (non-hydrogen) atoms. The Kier molecular flexibility index (Phi) is 2.26. The van der Waals surface area contributed by atoms with E-state index in [1.54, 1.807) is 6.20 Å². The Bertz CT molecular complexity index is 427. The van der Waals surface area contributed by atoms with E-state index in [9.17, 15) is 0 Å². The minimum Gasteiger partial charge on any atom is -0.412 e. The highest BCUT2D eigenvalue weighted by atomic mass is 127. The van der Waals surface area contributed by atoms with Crippen LogP contribution >= 0.6 is 22.6 Å². The van der Waals surface area contributed by atoms with Crippen molar-refractivity contribution in [1.29, 1.82) is 0 Å². The second-order valence-electron chi connectivity index (χ2n) is 2.55. The van der Waals surface area contributed by atoms with Crippen molar-refractivity contribution in [2.75, 3.05) is 0 Å². The molecule has 0 bridgehead atoms. The SMILES string of the molecule is Cc1cc(-c2nnc(I)o2)ccn1. The van der Waals surface area contributed by atoms with Crippen LogP contribution in [0.2, 0.25) is 0 Å². The Labute approximate surface area is 88.5 Å². The van der Waals surface area contributed by atoms with Crippen LogP contribution in [0.5, 0.6) is 0 Å². The molecule has 66 valence electrons. The maximum absolute atomic E-state index is 5.26. The van der Waals surface area contributed by atoms with E-state index in [2.05, 4.69) is 15.2 Å². The quantitative estimate of drug-likeness (QED) is 0.753. The van der Waals surface area contributed by atoms with E-state index in [1.807, 2.05) is 41.6 Å². The first-order chi connectivity index (χ1) is 6.25. The Balaban J connectivity index is 2.46. The predicted octanol–water partition coefficient (Wildman–Crippen LogP) is 2.04. The topological polar surface area (TPSA) is 51.8 Å². The molecule has 0 atom stereocenters. The first-order valence-electron chi connectivity index (χ1n) is 3.68. The molecule has 0 aromatic carbocycles. The summed E-state index contributed by atoms with van der Waals surface area (Å²) >= 11 is 1.98. The van der Waals surface area contributed by atoms with E-state index in [0.717, 1.165) is 11.3 Å². The van der Waals surface area contributed by atoms with E-state index >= 15 is 0 Å². The monoisotopic (exact) mass is 287 g/mol. The average molecular weight is 287 g/mol. The van der Waals surface area contributed by atoms with Gasteiger partial charge in [0.2, 0.25) is 5.89 Å². The Morgan fingerprint density at radius 2 is 2.23 bits per heavy atom. The van der Waals surface area contributed by atoms with E-state index in [1.165, 1.54) is 0 Å². The van der Waals surface area contributed by atoms with Crippen LogP contribution in [-0.2, 0) is 0 Å². The van der Waals surface area contributed by atoms with E-state index < -0.39 is 0 Å². The summed E-state index contributed by atoms with van der Waals surface area (Å²) in [6.45, 7) is 1.92. The highest BCUT2D eigenvalue weighted by molar-refractivity contribution is 14.1. The van der Waals surface area contributed by atoms with Crippen LogP contribution in [0.25, 0.3) is 11.5 Å².